The second-order valence-corrected chi connectivity index (χ2v) is 5.07. The number of rotatable bonds is 3. The molecule has 0 unspecified atom stereocenters. The Hall–Kier alpha value is -2.49. The van der Waals surface area contributed by atoms with E-state index in [4.69, 9.17) is 9.47 Å². The third-order valence-corrected chi connectivity index (χ3v) is 3.31. The van der Waals surface area contributed by atoms with Crippen LogP contribution in [0.15, 0.2) is 42.5 Å². The predicted octanol–water partition coefficient (Wildman–Crippen LogP) is 2.95. The molecule has 1 amide bonds. The lowest BCUT2D eigenvalue weighted by molar-refractivity contribution is -0.115. The predicted molar refractivity (Wildman–Crippen MR) is 80.9 cm³/mol. The molecule has 3 rings (SSSR count). The van der Waals surface area contributed by atoms with Crippen LogP contribution in [0, 0.1) is 6.92 Å². The van der Waals surface area contributed by atoms with Crippen LogP contribution in [0.2, 0.25) is 0 Å². The number of ether oxygens (including phenoxy) is 2. The lowest BCUT2D eigenvalue weighted by atomic mass is 10.1. The third-order valence-electron chi connectivity index (χ3n) is 3.31. The molecule has 0 saturated heterocycles. The van der Waals surface area contributed by atoms with E-state index in [1.54, 1.807) is 0 Å². The zero-order valence-electron chi connectivity index (χ0n) is 11.9. The van der Waals surface area contributed by atoms with Crippen LogP contribution >= 0.6 is 0 Å². The summed E-state index contributed by atoms with van der Waals surface area (Å²) in [5, 5.41) is 2.89. The molecule has 108 valence electrons. The first-order chi connectivity index (χ1) is 10.2. The number of nitrogens with one attached hydrogen (secondary N) is 1. The van der Waals surface area contributed by atoms with Gasteiger partial charge in [-0.1, -0.05) is 23.8 Å². The van der Waals surface area contributed by atoms with Crippen LogP contribution < -0.4 is 14.8 Å². The Morgan fingerprint density at radius 1 is 1.05 bits per heavy atom. The van der Waals surface area contributed by atoms with E-state index in [-0.39, 0.29) is 5.91 Å². The van der Waals surface area contributed by atoms with E-state index in [1.165, 1.54) is 5.56 Å². The molecule has 0 aliphatic carbocycles. The summed E-state index contributed by atoms with van der Waals surface area (Å²) in [5.41, 5.74) is 2.88. The van der Waals surface area contributed by atoms with Gasteiger partial charge < -0.3 is 14.8 Å². The standard InChI is InChI=1S/C17H17NO3/c1-12-2-5-14(6-3-12)18-17(19)11-13-4-7-15-16(10-13)21-9-8-20-15/h2-7,10H,8-9,11H2,1H3,(H,18,19). The highest BCUT2D eigenvalue weighted by molar-refractivity contribution is 5.92. The van der Waals surface area contributed by atoms with Gasteiger partial charge in [-0.05, 0) is 36.8 Å². The van der Waals surface area contributed by atoms with Gasteiger partial charge in [0.1, 0.15) is 13.2 Å². The molecule has 0 fully saturated rings. The van der Waals surface area contributed by atoms with Crippen LogP contribution in [0.5, 0.6) is 11.5 Å². The van der Waals surface area contributed by atoms with E-state index in [9.17, 15) is 4.79 Å². The van der Waals surface area contributed by atoms with Crippen molar-refractivity contribution < 1.29 is 14.3 Å². The first-order valence-electron chi connectivity index (χ1n) is 6.96. The average Bonchev–Trinajstić information content (AvgIpc) is 2.49. The maximum Gasteiger partial charge on any atom is 0.228 e. The summed E-state index contributed by atoms with van der Waals surface area (Å²) in [6, 6.07) is 13.3. The lowest BCUT2D eigenvalue weighted by Gasteiger charge is -2.18. The van der Waals surface area contributed by atoms with Crippen molar-refractivity contribution in [2.75, 3.05) is 18.5 Å². The fourth-order valence-electron chi connectivity index (χ4n) is 2.23. The van der Waals surface area contributed by atoms with Crippen molar-refractivity contribution in [3.63, 3.8) is 0 Å². The number of benzene rings is 2. The molecule has 1 N–H and O–H groups in total. The molecule has 0 spiro atoms. The van der Waals surface area contributed by atoms with Gasteiger partial charge in [0, 0.05) is 5.69 Å². The van der Waals surface area contributed by atoms with Crippen molar-refractivity contribution in [1.29, 1.82) is 0 Å². The molecule has 0 saturated carbocycles. The topological polar surface area (TPSA) is 47.6 Å². The summed E-state index contributed by atoms with van der Waals surface area (Å²) in [6.07, 6.45) is 0.310. The second-order valence-electron chi connectivity index (χ2n) is 5.07. The Labute approximate surface area is 123 Å². The molecule has 0 aromatic heterocycles. The molecule has 21 heavy (non-hydrogen) atoms. The van der Waals surface area contributed by atoms with Crippen LogP contribution in [0.4, 0.5) is 5.69 Å². The first-order valence-corrected chi connectivity index (χ1v) is 6.96. The van der Waals surface area contributed by atoms with Gasteiger partial charge in [0.05, 0.1) is 6.42 Å². The fraction of sp³-hybridized carbons (Fsp3) is 0.235. The molecule has 0 radical (unpaired) electrons. The van der Waals surface area contributed by atoms with Crippen molar-refractivity contribution in [3.8, 4) is 11.5 Å². The summed E-state index contributed by atoms with van der Waals surface area (Å²) in [5.74, 6) is 1.40. The highest BCUT2D eigenvalue weighted by Gasteiger charge is 2.13. The Bertz CT molecular complexity index is 650. The molecular formula is C17H17NO3. The monoisotopic (exact) mass is 283 g/mol. The lowest BCUT2D eigenvalue weighted by Crippen LogP contribution is -2.17. The van der Waals surface area contributed by atoms with Gasteiger partial charge >= 0.3 is 0 Å². The summed E-state index contributed by atoms with van der Waals surface area (Å²) < 4.78 is 11.0. The molecule has 2 aromatic carbocycles. The number of carbonyl (C=O) groups is 1. The zero-order valence-corrected chi connectivity index (χ0v) is 11.9. The SMILES string of the molecule is Cc1ccc(NC(=O)Cc2ccc3c(c2)OCCO3)cc1. The van der Waals surface area contributed by atoms with Crippen molar-refractivity contribution in [1.82, 2.24) is 0 Å². The van der Waals surface area contributed by atoms with E-state index in [1.807, 2.05) is 49.4 Å². The van der Waals surface area contributed by atoms with E-state index in [2.05, 4.69) is 5.32 Å². The number of anilines is 1. The molecule has 0 bridgehead atoms. The van der Waals surface area contributed by atoms with E-state index in [0.717, 1.165) is 17.0 Å². The molecule has 1 aliphatic rings. The molecule has 4 nitrogen and oxygen atoms in total. The molecule has 2 aromatic rings. The summed E-state index contributed by atoms with van der Waals surface area (Å²) >= 11 is 0. The largest absolute Gasteiger partial charge is 0.486 e. The van der Waals surface area contributed by atoms with Gasteiger partial charge in [-0.25, -0.2) is 0 Å². The van der Waals surface area contributed by atoms with Crippen LogP contribution in [-0.4, -0.2) is 19.1 Å². The van der Waals surface area contributed by atoms with Crippen LogP contribution in [0.25, 0.3) is 0 Å². The zero-order chi connectivity index (χ0) is 14.7. The Kier molecular flexibility index (Phi) is 3.77. The minimum atomic E-state index is -0.0458. The molecular weight excluding hydrogens is 266 g/mol. The third kappa shape index (κ3) is 3.34. The minimum Gasteiger partial charge on any atom is -0.486 e. The normalized spacial score (nSPS) is 12.8. The molecule has 4 heteroatoms. The highest BCUT2D eigenvalue weighted by atomic mass is 16.6. The molecule has 1 heterocycles. The number of hydrogen-bond donors (Lipinski definition) is 1. The maximum absolute atomic E-state index is 12.1. The van der Waals surface area contributed by atoms with E-state index >= 15 is 0 Å². The number of fused-ring (bicyclic) bond motifs is 1. The fourth-order valence-corrected chi connectivity index (χ4v) is 2.23. The summed E-state index contributed by atoms with van der Waals surface area (Å²) in [4.78, 5) is 12.1. The van der Waals surface area contributed by atoms with Crippen molar-refractivity contribution >= 4 is 11.6 Å². The second kappa shape index (κ2) is 5.87. The van der Waals surface area contributed by atoms with Crippen LogP contribution in [0.1, 0.15) is 11.1 Å². The summed E-state index contributed by atoms with van der Waals surface area (Å²) in [6.45, 7) is 3.13. The smallest absolute Gasteiger partial charge is 0.228 e. The van der Waals surface area contributed by atoms with Gasteiger partial charge in [0.2, 0.25) is 5.91 Å². The molecule has 0 atom stereocenters. The maximum atomic E-state index is 12.1. The van der Waals surface area contributed by atoms with E-state index < -0.39 is 0 Å². The number of aryl methyl sites for hydroxylation is 1. The number of carbonyl (C=O) groups excluding carboxylic acids is 1. The van der Waals surface area contributed by atoms with Crippen LogP contribution in [0.3, 0.4) is 0 Å². The van der Waals surface area contributed by atoms with Gasteiger partial charge in [-0.3, -0.25) is 4.79 Å². The quantitative estimate of drug-likeness (QED) is 0.942. The Morgan fingerprint density at radius 3 is 2.52 bits per heavy atom. The number of hydrogen-bond acceptors (Lipinski definition) is 3. The Balaban J connectivity index is 1.65. The number of amides is 1. The molecule has 1 aliphatic heterocycles. The van der Waals surface area contributed by atoms with Gasteiger partial charge in [0.25, 0.3) is 0 Å². The van der Waals surface area contributed by atoms with Gasteiger partial charge in [-0.15, -0.1) is 0 Å². The first kappa shape index (κ1) is 13.5. The van der Waals surface area contributed by atoms with Crippen molar-refractivity contribution in [2.45, 2.75) is 13.3 Å². The Morgan fingerprint density at radius 2 is 1.76 bits per heavy atom. The average molecular weight is 283 g/mol. The minimum absolute atomic E-state index is 0.0458. The summed E-state index contributed by atoms with van der Waals surface area (Å²) in [7, 11) is 0. The van der Waals surface area contributed by atoms with Crippen molar-refractivity contribution in [2.24, 2.45) is 0 Å². The highest BCUT2D eigenvalue weighted by Crippen LogP contribution is 2.30. The van der Waals surface area contributed by atoms with E-state index in [0.29, 0.717) is 25.4 Å². The van der Waals surface area contributed by atoms with Crippen LogP contribution in [-0.2, 0) is 11.2 Å². The van der Waals surface area contributed by atoms with Gasteiger partial charge in [0.15, 0.2) is 11.5 Å². The van der Waals surface area contributed by atoms with Crippen molar-refractivity contribution in [3.05, 3.63) is 53.6 Å². The van der Waals surface area contributed by atoms with Gasteiger partial charge in [-0.2, -0.15) is 0 Å².